The Morgan fingerprint density at radius 2 is 2.09 bits per heavy atom. The highest BCUT2D eigenvalue weighted by Gasteiger charge is 2.26. The molecule has 1 atom stereocenters. The molecule has 1 saturated carbocycles. The molecule has 1 aromatic carbocycles. The minimum absolute atomic E-state index is 0.372. The van der Waals surface area contributed by atoms with Gasteiger partial charge in [0.05, 0.1) is 5.69 Å². The number of anilines is 3. The fraction of sp³-hybridized carbons (Fsp3) is 0.444. The maximum absolute atomic E-state index is 4.69. The first-order valence-electron chi connectivity index (χ1n) is 8.24. The molecule has 1 aromatic heterocycles. The lowest BCUT2D eigenvalue weighted by Crippen LogP contribution is -2.16. The average Bonchev–Trinajstić information content (AvgIpc) is 3.39. The van der Waals surface area contributed by atoms with Gasteiger partial charge in [0.25, 0.3) is 0 Å². The summed E-state index contributed by atoms with van der Waals surface area (Å²) < 4.78 is 0. The molecule has 0 amide bonds. The zero-order valence-corrected chi connectivity index (χ0v) is 14.8. The minimum atomic E-state index is 0.372. The van der Waals surface area contributed by atoms with Gasteiger partial charge in [-0.3, -0.25) is 0 Å². The molecule has 5 heteroatoms. The van der Waals surface area contributed by atoms with Crippen LogP contribution in [-0.2, 0) is 0 Å². The van der Waals surface area contributed by atoms with Gasteiger partial charge in [-0.05, 0) is 50.6 Å². The van der Waals surface area contributed by atoms with E-state index >= 15 is 0 Å². The van der Waals surface area contributed by atoms with Gasteiger partial charge in [0, 0.05) is 28.6 Å². The second-order valence-corrected chi connectivity index (χ2v) is 6.97. The third kappa shape index (κ3) is 4.38. The second-order valence-electron chi connectivity index (χ2n) is 6.09. The van der Waals surface area contributed by atoms with Gasteiger partial charge in [-0.25, -0.2) is 4.98 Å². The van der Waals surface area contributed by atoms with E-state index in [9.17, 15) is 0 Å². The molecule has 0 aliphatic heterocycles. The smallest absolute Gasteiger partial charge is 0.225 e. The fourth-order valence-corrected chi connectivity index (χ4v) is 2.81. The third-order valence-electron chi connectivity index (χ3n) is 4.07. The molecule has 2 N–H and O–H groups in total. The summed E-state index contributed by atoms with van der Waals surface area (Å²) in [5.74, 6) is 2.20. The van der Waals surface area contributed by atoms with Crippen LogP contribution in [0.4, 0.5) is 17.5 Å². The largest absolute Gasteiger partial charge is 0.352 e. The standard InChI is InChI=1S/C18H24N4S/c1-4-12(2)19-18-21-16(13-8-9-13)11-17(22-18)20-14-6-5-7-15(10-14)23-3/h5-7,10-13H,4,8-9H2,1-3H3,(H2,19,20,21,22)/t12-/m0/s1. The topological polar surface area (TPSA) is 49.8 Å². The number of nitrogens with one attached hydrogen (secondary N) is 2. The van der Waals surface area contributed by atoms with Gasteiger partial charge in [0.2, 0.25) is 5.95 Å². The summed E-state index contributed by atoms with van der Waals surface area (Å²) in [7, 11) is 0. The molecule has 0 unspecified atom stereocenters. The molecule has 2 aromatic rings. The van der Waals surface area contributed by atoms with Crippen molar-refractivity contribution in [2.45, 2.75) is 50.0 Å². The van der Waals surface area contributed by atoms with Gasteiger partial charge in [-0.2, -0.15) is 4.98 Å². The predicted octanol–water partition coefficient (Wildman–Crippen LogP) is 5.03. The monoisotopic (exact) mass is 328 g/mol. The van der Waals surface area contributed by atoms with Crippen molar-refractivity contribution in [3.63, 3.8) is 0 Å². The Hall–Kier alpha value is -1.75. The first-order chi connectivity index (χ1) is 11.2. The van der Waals surface area contributed by atoms with Gasteiger partial charge < -0.3 is 10.6 Å². The lowest BCUT2D eigenvalue weighted by atomic mass is 10.2. The van der Waals surface area contributed by atoms with Crippen molar-refractivity contribution in [1.82, 2.24) is 9.97 Å². The van der Waals surface area contributed by atoms with Gasteiger partial charge in [-0.1, -0.05) is 13.0 Å². The molecule has 1 heterocycles. The van der Waals surface area contributed by atoms with E-state index in [-0.39, 0.29) is 0 Å². The van der Waals surface area contributed by atoms with Gasteiger partial charge in [-0.15, -0.1) is 11.8 Å². The average molecular weight is 328 g/mol. The van der Waals surface area contributed by atoms with E-state index < -0.39 is 0 Å². The maximum atomic E-state index is 4.69. The molecular formula is C18H24N4S. The Bertz CT molecular complexity index is 670. The van der Waals surface area contributed by atoms with Crippen LogP contribution < -0.4 is 10.6 Å². The highest BCUT2D eigenvalue weighted by atomic mass is 32.2. The number of aromatic nitrogens is 2. The number of hydrogen-bond donors (Lipinski definition) is 2. The Morgan fingerprint density at radius 3 is 2.78 bits per heavy atom. The first kappa shape index (κ1) is 16.1. The van der Waals surface area contributed by atoms with E-state index in [2.05, 4.69) is 66.1 Å². The fourth-order valence-electron chi connectivity index (χ4n) is 2.35. The molecule has 0 saturated heterocycles. The zero-order chi connectivity index (χ0) is 16.2. The van der Waals surface area contributed by atoms with Crippen molar-refractivity contribution in [3.8, 4) is 0 Å². The highest BCUT2D eigenvalue weighted by molar-refractivity contribution is 7.98. The summed E-state index contributed by atoms with van der Waals surface area (Å²) in [4.78, 5) is 10.6. The number of thioether (sulfide) groups is 1. The van der Waals surface area contributed by atoms with E-state index in [1.807, 2.05) is 0 Å². The molecule has 1 aliphatic carbocycles. The second kappa shape index (κ2) is 7.21. The Morgan fingerprint density at radius 1 is 1.26 bits per heavy atom. The van der Waals surface area contributed by atoms with Crippen LogP contribution in [0.25, 0.3) is 0 Å². The molecule has 0 radical (unpaired) electrons. The molecule has 0 spiro atoms. The summed E-state index contributed by atoms with van der Waals surface area (Å²) in [6.45, 7) is 4.32. The summed E-state index contributed by atoms with van der Waals surface area (Å²) in [5, 5.41) is 6.83. The lowest BCUT2D eigenvalue weighted by molar-refractivity contribution is 0.750. The van der Waals surface area contributed by atoms with Crippen LogP contribution in [0, 0.1) is 0 Å². The Balaban J connectivity index is 1.84. The maximum Gasteiger partial charge on any atom is 0.225 e. The van der Waals surface area contributed by atoms with Crippen LogP contribution in [0.15, 0.2) is 35.2 Å². The molecule has 23 heavy (non-hydrogen) atoms. The third-order valence-corrected chi connectivity index (χ3v) is 4.80. The molecule has 0 bridgehead atoms. The number of benzene rings is 1. The zero-order valence-electron chi connectivity index (χ0n) is 14.0. The van der Waals surface area contributed by atoms with Crippen LogP contribution in [-0.4, -0.2) is 22.3 Å². The molecule has 1 fully saturated rings. The summed E-state index contributed by atoms with van der Waals surface area (Å²) >= 11 is 1.74. The summed E-state index contributed by atoms with van der Waals surface area (Å²) in [5.41, 5.74) is 2.21. The van der Waals surface area contributed by atoms with Crippen molar-refractivity contribution in [1.29, 1.82) is 0 Å². The minimum Gasteiger partial charge on any atom is -0.352 e. The van der Waals surface area contributed by atoms with Crippen molar-refractivity contribution < 1.29 is 0 Å². The highest BCUT2D eigenvalue weighted by Crippen LogP contribution is 2.40. The summed E-state index contributed by atoms with van der Waals surface area (Å²) in [6.07, 6.45) is 5.61. The summed E-state index contributed by atoms with van der Waals surface area (Å²) in [6, 6.07) is 10.9. The van der Waals surface area contributed by atoms with Gasteiger partial charge in [0.15, 0.2) is 0 Å². The molecule has 4 nitrogen and oxygen atoms in total. The van der Waals surface area contributed by atoms with Crippen molar-refractivity contribution >= 4 is 29.2 Å². The number of nitrogens with zero attached hydrogens (tertiary/aromatic N) is 2. The number of rotatable bonds is 7. The van der Waals surface area contributed by atoms with Gasteiger partial charge >= 0.3 is 0 Å². The quantitative estimate of drug-likeness (QED) is 0.698. The van der Waals surface area contributed by atoms with Crippen LogP contribution in [0.2, 0.25) is 0 Å². The molecular weight excluding hydrogens is 304 g/mol. The van der Waals surface area contributed by atoms with Crippen LogP contribution in [0.3, 0.4) is 0 Å². The normalized spacial score (nSPS) is 15.3. The van der Waals surface area contributed by atoms with Crippen LogP contribution in [0.1, 0.15) is 44.7 Å². The molecule has 3 rings (SSSR count). The Labute approximate surface area is 142 Å². The van der Waals surface area contributed by atoms with Crippen molar-refractivity contribution in [3.05, 3.63) is 36.0 Å². The molecule has 122 valence electrons. The van der Waals surface area contributed by atoms with Crippen molar-refractivity contribution in [2.75, 3.05) is 16.9 Å². The van der Waals surface area contributed by atoms with Crippen LogP contribution >= 0.6 is 11.8 Å². The van der Waals surface area contributed by atoms with E-state index in [1.54, 1.807) is 11.8 Å². The van der Waals surface area contributed by atoms with E-state index in [0.717, 1.165) is 29.6 Å². The SMILES string of the molecule is CC[C@H](C)Nc1nc(Nc2cccc(SC)c2)cc(C2CC2)n1. The van der Waals surface area contributed by atoms with E-state index in [4.69, 9.17) is 4.98 Å². The molecule has 1 aliphatic rings. The number of hydrogen-bond acceptors (Lipinski definition) is 5. The predicted molar refractivity (Wildman–Crippen MR) is 98.9 cm³/mol. The van der Waals surface area contributed by atoms with Crippen LogP contribution in [0.5, 0.6) is 0 Å². The lowest BCUT2D eigenvalue weighted by Gasteiger charge is -2.14. The Kier molecular flexibility index (Phi) is 5.06. The van der Waals surface area contributed by atoms with Crippen molar-refractivity contribution in [2.24, 2.45) is 0 Å². The first-order valence-corrected chi connectivity index (χ1v) is 9.47. The van der Waals surface area contributed by atoms with Gasteiger partial charge in [0.1, 0.15) is 5.82 Å². The van der Waals surface area contributed by atoms with E-state index in [1.165, 1.54) is 17.7 Å². The van der Waals surface area contributed by atoms with E-state index in [0.29, 0.717) is 12.0 Å².